The molecule has 6 nitrogen and oxygen atoms in total. The molecule has 1 aliphatic rings. The largest absolute Gasteiger partial charge is 0.411 e. The van der Waals surface area contributed by atoms with E-state index in [4.69, 9.17) is 16.9 Å². The number of carbonyl (C=O) groups is 1. The molecule has 8 heteroatoms. The number of nitrogens with zero attached hydrogens (tertiary/aromatic N) is 2. The van der Waals surface area contributed by atoms with Gasteiger partial charge in [0.05, 0.1) is 15.5 Å². The van der Waals surface area contributed by atoms with Crippen LogP contribution in [0.2, 0.25) is 0 Å². The zero-order valence-electron chi connectivity index (χ0n) is 14.5. The summed E-state index contributed by atoms with van der Waals surface area (Å²) in [7, 11) is -1.54. The van der Waals surface area contributed by atoms with Crippen LogP contribution < -0.4 is 5.73 Å². The van der Waals surface area contributed by atoms with Crippen LogP contribution in [0.1, 0.15) is 31.9 Å². The van der Waals surface area contributed by atoms with E-state index in [1.54, 1.807) is 20.8 Å². The number of halogens is 1. The number of nitrogens with two attached hydrogens (primary N) is 1. The molecule has 0 saturated heterocycles. The predicted octanol–water partition coefficient (Wildman–Crippen LogP) is 2.41. The fourth-order valence-corrected chi connectivity index (χ4v) is 5.08. The molecule has 0 radical (unpaired) electrons. The molecular weight excluding hydrogens is 345 g/mol. The standard InChI is InChI=1S/C17H20FN3O3S/c1-6-11-7-8-13(18)12(9-11)17(4)10-25(23,20-5)16(2,3)14(21-17)24-15(19)22/h1,7-9H,10H2,2-5H3,(H2,19,22)/t17-,25-/m0/s1. The molecule has 134 valence electrons. The third-order valence-corrected chi connectivity index (χ3v) is 7.66. The number of hydrogen-bond acceptors (Lipinski definition) is 5. The molecule has 0 unspecified atom stereocenters. The molecule has 1 aliphatic heterocycles. The molecule has 1 aromatic rings. The highest BCUT2D eigenvalue weighted by Gasteiger charge is 2.50. The second-order valence-corrected chi connectivity index (χ2v) is 9.38. The van der Waals surface area contributed by atoms with Crippen LogP contribution in [0.15, 0.2) is 27.6 Å². The van der Waals surface area contributed by atoms with Crippen LogP contribution in [0.4, 0.5) is 9.18 Å². The first-order valence-corrected chi connectivity index (χ1v) is 9.14. The number of aliphatic imine (C=N–C) groups is 1. The maximum atomic E-state index is 14.5. The van der Waals surface area contributed by atoms with Gasteiger partial charge in [-0.2, -0.15) is 0 Å². The van der Waals surface area contributed by atoms with Gasteiger partial charge in [0.1, 0.15) is 16.1 Å². The first kappa shape index (κ1) is 18.9. The molecule has 2 N–H and O–H groups in total. The van der Waals surface area contributed by atoms with Crippen LogP contribution in [-0.2, 0) is 20.0 Å². The molecule has 1 aromatic carbocycles. The number of ether oxygens (including phenoxy) is 1. The number of rotatable bonds is 1. The summed E-state index contributed by atoms with van der Waals surface area (Å²) in [6.07, 6.45) is 4.30. The van der Waals surface area contributed by atoms with E-state index in [9.17, 15) is 13.4 Å². The monoisotopic (exact) mass is 365 g/mol. The zero-order valence-corrected chi connectivity index (χ0v) is 15.3. The second-order valence-electron chi connectivity index (χ2n) is 6.43. The van der Waals surface area contributed by atoms with Crippen molar-refractivity contribution in [1.82, 2.24) is 0 Å². The van der Waals surface area contributed by atoms with E-state index in [0.29, 0.717) is 5.56 Å². The van der Waals surface area contributed by atoms with Crippen LogP contribution in [0.3, 0.4) is 0 Å². The van der Waals surface area contributed by atoms with Crippen molar-refractivity contribution in [3.63, 3.8) is 0 Å². The Morgan fingerprint density at radius 2 is 2.12 bits per heavy atom. The number of benzene rings is 1. The van der Waals surface area contributed by atoms with E-state index in [1.165, 1.54) is 25.2 Å². The van der Waals surface area contributed by atoms with Gasteiger partial charge in [0.15, 0.2) is 0 Å². The Morgan fingerprint density at radius 3 is 2.64 bits per heavy atom. The predicted molar refractivity (Wildman–Crippen MR) is 95.2 cm³/mol. The summed E-state index contributed by atoms with van der Waals surface area (Å²) in [5, 5.41) is 0. The molecule has 0 aromatic heterocycles. The van der Waals surface area contributed by atoms with E-state index in [1.807, 2.05) is 0 Å². The summed E-state index contributed by atoms with van der Waals surface area (Å²) in [6.45, 7) is 4.78. The SMILES string of the molecule is C#Cc1ccc(F)c([C@]2(C)C[S@@](=O)(=NC)C(C)(C)C(OC(N)=O)=N2)c1. The second kappa shape index (κ2) is 6.15. The van der Waals surface area contributed by atoms with Gasteiger partial charge in [-0.05, 0) is 39.0 Å². The lowest BCUT2D eigenvalue weighted by atomic mass is 9.92. The number of amides is 1. The van der Waals surface area contributed by atoms with Gasteiger partial charge in [-0.25, -0.2) is 22.7 Å². The molecule has 25 heavy (non-hydrogen) atoms. The summed E-state index contributed by atoms with van der Waals surface area (Å²) in [6, 6.07) is 4.15. The van der Waals surface area contributed by atoms with Crippen LogP contribution >= 0.6 is 0 Å². The molecule has 0 fully saturated rings. The smallest absolute Gasteiger partial charge is 0.394 e. The zero-order chi connectivity index (χ0) is 19.0. The van der Waals surface area contributed by atoms with Gasteiger partial charge in [-0.3, -0.25) is 0 Å². The summed E-state index contributed by atoms with van der Waals surface area (Å²) in [4.78, 5) is 15.7. The lowest BCUT2D eigenvalue weighted by molar-refractivity contribution is 0.204. The quantitative estimate of drug-likeness (QED) is 0.774. The van der Waals surface area contributed by atoms with Crippen molar-refractivity contribution in [3.8, 4) is 12.3 Å². The average molecular weight is 365 g/mol. The first-order valence-electron chi connectivity index (χ1n) is 7.46. The van der Waals surface area contributed by atoms with Gasteiger partial charge in [-0.1, -0.05) is 5.92 Å². The topological polar surface area (TPSA) is 94.1 Å². The van der Waals surface area contributed by atoms with E-state index in [-0.39, 0.29) is 17.2 Å². The van der Waals surface area contributed by atoms with Gasteiger partial charge >= 0.3 is 6.09 Å². The number of carbonyl (C=O) groups excluding carboxylic acids is 1. The van der Waals surface area contributed by atoms with E-state index < -0.39 is 31.9 Å². The maximum Gasteiger partial charge on any atom is 0.411 e. The summed E-state index contributed by atoms with van der Waals surface area (Å²) in [5.41, 5.74) is 4.43. The number of hydrogen-bond donors (Lipinski definition) is 1. The van der Waals surface area contributed by atoms with Gasteiger partial charge in [0.2, 0.25) is 5.90 Å². The van der Waals surface area contributed by atoms with Crippen molar-refractivity contribution in [3.05, 3.63) is 35.1 Å². The Morgan fingerprint density at radius 1 is 1.48 bits per heavy atom. The van der Waals surface area contributed by atoms with E-state index in [0.717, 1.165) is 0 Å². The van der Waals surface area contributed by atoms with Gasteiger partial charge in [0, 0.05) is 18.2 Å². The summed E-state index contributed by atoms with van der Waals surface area (Å²) >= 11 is 0. The lowest BCUT2D eigenvalue weighted by Gasteiger charge is -2.40. The van der Waals surface area contributed by atoms with E-state index in [2.05, 4.69) is 15.3 Å². The minimum Gasteiger partial charge on any atom is -0.394 e. The molecule has 2 atom stereocenters. The van der Waals surface area contributed by atoms with Crippen molar-refractivity contribution in [2.75, 3.05) is 12.8 Å². The van der Waals surface area contributed by atoms with Gasteiger partial charge < -0.3 is 10.5 Å². The minimum atomic E-state index is -2.95. The molecule has 1 heterocycles. The highest BCUT2D eigenvalue weighted by atomic mass is 32.2. The Kier molecular flexibility index (Phi) is 4.66. The van der Waals surface area contributed by atoms with Crippen molar-refractivity contribution >= 4 is 21.7 Å². The third-order valence-electron chi connectivity index (χ3n) is 4.34. The number of terminal acetylenes is 1. The van der Waals surface area contributed by atoms with Gasteiger partial charge in [-0.15, -0.1) is 6.42 Å². The fraction of sp³-hybridized carbons (Fsp3) is 0.412. The molecule has 0 bridgehead atoms. The normalized spacial score (nSPS) is 27.8. The average Bonchev–Trinajstić information content (AvgIpc) is 2.52. The van der Waals surface area contributed by atoms with Crippen molar-refractivity contribution in [2.24, 2.45) is 15.1 Å². The summed E-state index contributed by atoms with van der Waals surface area (Å²) in [5.74, 6) is 1.68. The van der Waals surface area contributed by atoms with E-state index >= 15 is 0 Å². The lowest BCUT2D eigenvalue weighted by Crippen LogP contribution is -2.53. The molecule has 0 aliphatic carbocycles. The fourth-order valence-electron chi connectivity index (χ4n) is 2.79. The number of primary amides is 1. The van der Waals surface area contributed by atoms with Crippen LogP contribution in [0, 0.1) is 18.2 Å². The molecule has 1 amide bonds. The first-order chi connectivity index (χ1) is 11.5. The minimum absolute atomic E-state index is 0.0555. The van der Waals surface area contributed by atoms with Crippen LogP contribution in [0.5, 0.6) is 0 Å². The van der Waals surface area contributed by atoms with Crippen LogP contribution in [0.25, 0.3) is 0 Å². The molecular formula is C17H20FN3O3S. The van der Waals surface area contributed by atoms with Crippen molar-refractivity contribution in [1.29, 1.82) is 0 Å². The maximum absolute atomic E-state index is 14.5. The van der Waals surface area contributed by atoms with Crippen molar-refractivity contribution in [2.45, 2.75) is 31.1 Å². The van der Waals surface area contributed by atoms with Gasteiger partial charge in [0.25, 0.3) is 0 Å². The Balaban J connectivity index is 2.79. The Labute approximate surface area is 146 Å². The highest BCUT2D eigenvalue weighted by molar-refractivity contribution is 7.95. The Hall–Kier alpha value is -2.40. The van der Waals surface area contributed by atoms with Crippen molar-refractivity contribution < 1.29 is 18.1 Å². The highest BCUT2D eigenvalue weighted by Crippen LogP contribution is 2.40. The Bertz CT molecular complexity index is 924. The van der Waals surface area contributed by atoms with Crippen LogP contribution in [-0.4, -0.2) is 33.7 Å². The third kappa shape index (κ3) is 3.12. The molecule has 2 rings (SSSR count). The molecule has 0 spiro atoms. The molecule has 0 saturated carbocycles. The summed E-state index contributed by atoms with van der Waals surface area (Å²) < 4.78 is 35.8.